The second-order valence-electron chi connectivity index (χ2n) is 3.45. The fourth-order valence-corrected chi connectivity index (χ4v) is 1.65. The molecule has 0 aliphatic heterocycles. The summed E-state index contributed by atoms with van der Waals surface area (Å²) < 4.78 is 3.73. The molecular formula is C7H13N3OS. The highest BCUT2D eigenvalue weighted by Crippen LogP contribution is 2.27. The van der Waals surface area contributed by atoms with Crippen LogP contribution in [0.3, 0.4) is 0 Å². The molecule has 0 saturated heterocycles. The molecule has 1 unspecified atom stereocenters. The average molecular weight is 187 g/mol. The van der Waals surface area contributed by atoms with Crippen molar-refractivity contribution in [3.05, 3.63) is 10.6 Å². The van der Waals surface area contributed by atoms with Crippen molar-refractivity contribution < 1.29 is 5.11 Å². The molecule has 1 atom stereocenters. The van der Waals surface area contributed by atoms with Crippen molar-refractivity contribution in [3.63, 3.8) is 0 Å². The molecule has 1 heterocycles. The molecule has 0 fully saturated rings. The predicted molar refractivity (Wildman–Crippen MR) is 47.9 cm³/mol. The fraction of sp³-hybridized carbons (Fsp3) is 0.714. The van der Waals surface area contributed by atoms with Crippen LogP contribution in [0.4, 0.5) is 0 Å². The molecule has 1 aromatic heterocycles. The Morgan fingerprint density at radius 1 is 1.58 bits per heavy atom. The molecule has 0 aliphatic rings. The minimum Gasteiger partial charge on any atom is -0.386 e. The van der Waals surface area contributed by atoms with E-state index in [9.17, 15) is 5.11 Å². The van der Waals surface area contributed by atoms with Gasteiger partial charge < -0.3 is 10.8 Å². The van der Waals surface area contributed by atoms with Gasteiger partial charge in [0.05, 0.1) is 10.6 Å². The van der Waals surface area contributed by atoms with Crippen LogP contribution < -0.4 is 5.73 Å². The zero-order valence-corrected chi connectivity index (χ0v) is 8.22. The van der Waals surface area contributed by atoms with E-state index < -0.39 is 11.6 Å². The normalized spacial score (nSPS) is 14.8. The van der Waals surface area contributed by atoms with Crippen molar-refractivity contribution in [1.29, 1.82) is 0 Å². The smallest absolute Gasteiger partial charge is 0.109 e. The molecule has 0 aromatic carbocycles. The molecule has 4 nitrogen and oxygen atoms in total. The first kappa shape index (κ1) is 9.57. The molecule has 1 rings (SSSR count). The van der Waals surface area contributed by atoms with Crippen molar-refractivity contribution in [1.82, 2.24) is 9.59 Å². The minimum absolute atomic E-state index is 0.640. The topological polar surface area (TPSA) is 72.0 Å². The highest BCUT2D eigenvalue weighted by molar-refractivity contribution is 7.05. The number of aromatic nitrogens is 2. The fourth-order valence-electron chi connectivity index (χ4n) is 0.827. The van der Waals surface area contributed by atoms with E-state index in [0.717, 1.165) is 10.6 Å². The van der Waals surface area contributed by atoms with Gasteiger partial charge in [0.25, 0.3) is 0 Å². The molecule has 0 spiro atoms. The van der Waals surface area contributed by atoms with Crippen molar-refractivity contribution in [2.24, 2.45) is 5.73 Å². The van der Waals surface area contributed by atoms with Crippen LogP contribution in [0.25, 0.3) is 0 Å². The molecule has 12 heavy (non-hydrogen) atoms. The first-order valence-electron chi connectivity index (χ1n) is 3.68. The number of rotatable bonds is 2. The Balaban J connectivity index is 2.92. The van der Waals surface area contributed by atoms with Crippen molar-refractivity contribution in [2.75, 3.05) is 0 Å². The molecule has 68 valence electrons. The van der Waals surface area contributed by atoms with Gasteiger partial charge in [-0.1, -0.05) is 4.49 Å². The summed E-state index contributed by atoms with van der Waals surface area (Å²) in [6, 6.07) is 0. The maximum absolute atomic E-state index is 9.73. The number of hydrogen-bond donors (Lipinski definition) is 2. The second-order valence-corrected chi connectivity index (χ2v) is 4.23. The van der Waals surface area contributed by atoms with Crippen LogP contribution in [0.2, 0.25) is 0 Å². The van der Waals surface area contributed by atoms with Gasteiger partial charge in [-0.3, -0.25) is 0 Å². The number of nitrogens with two attached hydrogens (primary N) is 1. The number of aliphatic hydroxyl groups excluding tert-OH is 1. The van der Waals surface area contributed by atoms with E-state index in [-0.39, 0.29) is 0 Å². The Morgan fingerprint density at radius 3 is 2.50 bits per heavy atom. The van der Waals surface area contributed by atoms with Gasteiger partial charge in [0.15, 0.2) is 0 Å². The van der Waals surface area contributed by atoms with Gasteiger partial charge >= 0.3 is 0 Å². The number of hydrogen-bond acceptors (Lipinski definition) is 5. The summed E-state index contributed by atoms with van der Waals surface area (Å²) in [6.45, 7) is 5.36. The van der Waals surface area contributed by atoms with Crippen molar-refractivity contribution in [2.45, 2.75) is 32.4 Å². The highest BCUT2D eigenvalue weighted by Gasteiger charge is 2.27. The predicted octanol–water partition coefficient (Wildman–Crippen LogP) is 0.617. The highest BCUT2D eigenvalue weighted by atomic mass is 32.1. The van der Waals surface area contributed by atoms with E-state index in [2.05, 4.69) is 9.59 Å². The zero-order chi connectivity index (χ0) is 9.35. The standard InChI is InChI=1S/C7H13N3OS/c1-4-5(12-10-9-4)6(11)7(2,3)8/h6,11H,8H2,1-3H3. The van der Waals surface area contributed by atoms with E-state index in [4.69, 9.17) is 5.73 Å². The third-order valence-corrected chi connectivity index (χ3v) is 2.52. The van der Waals surface area contributed by atoms with Crippen LogP contribution in [-0.4, -0.2) is 20.2 Å². The number of aliphatic hydroxyl groups is 1. The molecule has 1 aromatic rings. The van der Waals surface area contributed by atoms with Crippen LogP contribution in [0, 0.1) is 6.92 Å². The van der Waals surface area contributed by atoms with Gasteiger partial charge in [-0.25, -0.2) is 0 Å². The van der Waals surface area contributed by atoms with Gasteiger partial charge in [0.2, 0.25) is 0 Å². The largest absolute Gasteiger partial charge is 0.386 e. The summed E-state index contributed by atoms with van der Waals surface area (Å²) in [5.74, 6) is 0. The molecule has 0 saturated carbocycles. The third kappa shape index (κ3) is 1.80. The maximum Gasteiger partial charge on any atom is 0.109 e. The lowest BCUT2D eigenvalue weighted by Crippen LogP contribution is -2.39. The summed E-state index contributed by atoms with van der Waals surface area (Å²) in [6.07, 6.45) is -0.683. The molecule has 0 radical (unpaired) electrons. The summed E-state index contributed by atoms with van der Waals surface area (Å²) in [7, 11) is 0. The lowest BCUT2D eigenvalue weighted by atomic mass is 9.97. The van der Waals surface area contributed by atoms with Gasteiger partial charge in [-0.2, -0.15) is 0 Å². The SMILES string of the molecule is Cc1nnsc1C(O)C(C)(C)N. The summed E-state index contributed by atoms with van der Waals surface area (Å²) >= 11 is 1.19. The van der Waals surface area contributed by atoms with Crippen LogP contribution in [0.5, 0.6) is 0 Å². The Labute approximate surface area is 75.6 Å². The van der Waals surface area contributed by atoms with Gasteiger partial charge in [0, 0.05) is 5.54 Å². The first-order valence-corrected chi connectivity index (χ1v) is 4.46. The van der Waals surface area contributed by atoms with E-state index in [0.29, 0.717) is 0 Å². The Bertz CT molecular complexity index is 266. The van der Waals surface area contributed by atoms with E-state index in [1.807, 2.05) is 6.92 Å². The third-order valence-electron chi connectivity index (χ3n) is 1.64. The molecule has 3 N–H and O–H groups in total. The Morgan fingerprint density at radius 2 is 2.17 bits per heavy atom. The zero-order valence-electron chi connectivity index (χ0n) is 7.40. The Hall–Kier alpha value is -0.520. The maximum atomic E-state index is 9.73. The second kappa shape index (κ2) is 3.08. The van der Waals surface area contributed by atoms with E-state index in [1.54, 1.807) is 13.8 Å². The van der Waals surface area contributed by atoms with E-state index in [1.165, 1.54) is 11.5 Å². The van der Waals surface area contributed by atoms with Gasteiger partial charge in [-0.05, 0) is 32.3 Å². The molecule has 0 aliphatic carbocycles. The van der Waals surface area contributed by atoms with Gasteiger partial charge in [-0.15, -0.1) is 5.10 Å². The van der Waals surface area contributed by atoms with Crippen LogP contribution in [-0.2, 0) is 0 Å². The number of nitrogens with zero attached hydrogens (tertiary/aromatic N) is 2. The molecule has 0 bridgehead atoms. The molecular weight excluding hydrogens is 174 g/mol. The van der Waals surface area contributed by atoms with Crippen LogP contribution in [0.1, 0.15) is 30.5 Å². The monoisotopic (exact) mass is 187 g/mol. The Kier molecular flexibility index (Phi) is 2.46. The first-order chi connectivity index (χ1) is 5.43. The van der Waals surface area contributed by atoms with Crippen LogP contribution in [0.15, 0.2) is 0 Å². The van der Waals surface area contributed by atoms with Crippen molar-refractivity contribution >= 4 is 11.5 Å². The van der Waals surface area contributed by atoms with Crippen LogP contribution >= 0.6 is 11.5 Å². The van der Waals surface area contributed by atoms with Gasteiger partial charge in [0.1, 0.15) is 6.10 Å². The quantitative estimate of drug-likeness (QED) is 0.712. The van der Waals surface area contributed by atoms with E-state index >= 15 is 0 Å². The average Bonchev–Trinajstić information content (AvgIpc) is 2.31. The number of aryl methyl sites for hydroxylation is 1. The molecule has 5 heteroatoms. The lowest BCUT2D eigenvalue weighted by Gasteiger charge is -2.24. The van der Waals surface area contributed by atoms with Crippen molar-refractivity contribution in [3.8, 4) is 0 Å². The lowest BCUT2D eigenvalue weighted by molar-refractivity contribution is 0.107. The summed E-state index contributed by atoms with van der Waals surface area (Å²) in [5, 5.41) is 13.5. The minimum atomic E-state index is -0.683. The summed E-state index contributed by atoms with van der Waals surface area (Å²) in [5.41, 5.74) is 5.86. The molecule has 0 amide bonds. The summed E-state index contributed by atoms with van der Waals surface area (Å²) in [4.78, 5) is 0.752.